The van der Waals surface area contributed by atoms with Gasteiger partial charge in [-0.2, -0.15) is 0 Å². The molecular weight excluding hydrogens is 386 g/mol. The lowest BCUT2D eigenvalue weighted by Crippen LogP contribution is -2.00. The molecular formula is C15H16BrNO3S2. The number of thioether (sulfide) groups is 2. The second kappa shape index (κ2) is 8.08. The van der Waals surface area contributed by atoms with E-state index in [1.807, 2.05) is 32.2 Å². The van der Waals surface area contributed by atoms with Crippen LogP contribution in [0.15, 0.2) is 27.3 Å². The average molecular weight is 402 g/mol. The molecule has 0 amide bonds. The molecule has 0 saturated carbocycles. The molecule has 0 spiro atoms. The van der Waals surface area contributed by atoms with E-state index in [0.717, 1.165) is 26.2 Å². The molecule has 0 N–H and O–H groups in total. The smallest absolute Gasteiger partial charge is 0.244 e. The van der Waals surface area contributed by atoms with E-state index < -0.39 is 0 Å². The van der Waals surface area contributed by atoms with Crippen molar-refractivity contribution in [3.8, 4) is 11.5 Å². The van der Waals surface area contributed by atoms with Crippen molar-refractivity contribution >= 4 is 55.0 Å². The highest BCUT2D eigenvalue weighted by Crippen LogP contribution is 2.38. The molecule has 0 radical (unpaired) electrons. The molecule has 1 heterocycles. The van der Waals surface area contributed by atoms with Crippen LogP contribution in [-0.4, -0.2) is 29.0 Å². The number of nitrogens with zero attached hydrogens (tertiary/aromatic N) is 1. The molecule has 0 atom stereocenters. The van der Waals surface area contributed by atoms with Crippen LogP contribution >= 0.6 is 39.5 Å². The standard InChI is InChI=1S/C15H16BrNO3S2/c1-4-19-12-8-9(6-10(16)13(12)20-5-2)7-11-14(18)22-15(17-11)21-3/h6-8H,4-5H2,1-3H3. The first kappa shape index (κ1) is 17.4. The van der Waals surface area contributed by atoms with Gasteiger partial charge in [-0.05, 0) is 71.6 Å². The van der Waals surface area contributed by atoms with Crippen molar-refractivity contribution < 1.29 is 14.3 Å². The van der Waals surface area contributed by atoms with Crippen LogP contribution in [0, 0.1) is 0 Å². The number of rotatable bonds is 5. The van der Waals surface area contributed by atoms with Crippen LogP contribution in [0.2, 0.25) is 0 Å². The fraction of sp³-hybridized carbons (Fsp3) is 0.333. The van der Waals surface area contributed by atoms with Crippen LogP contribution in [0.3, 0.4) is 0 Å². The predicted molar refractivity (Wildman–Crippen MR) is 98.0 cm³/mol. The zero-order chi connectivity index (χ0) is 16.1. The van der Waals surface area contributed by atoms with E-state index in [1.54, 1.807) is 6.08 Å². The maximum Gasteiger partial charge on any atom is 0.244 e. The Morgan fingerprint density at radius 2 is 2.05 bits per heavy atom. The lowest BCUT2D eigenvalue weighted by Gasteiger charge is -2.13. The van der Waals surface area contributed by atoms with Crippen molar-refractivity contribution in [1.29, 1.82) is 0 Å². The molecule has 2 rings (SSSR count). The van der Waals surface area contributed by atoms with Gasteiger partial charge in [0.25, 0.3) is 0 Å². The Bertz CT molecular complexity index is 644. The minimum Gasteiger partial charge on any atom is -0.490 e. The molecule has 0 bridgehead atoms. The monoisotopic (exact) mass is 401 g/mol. The Kier molecular flexibility index (Phi) is 6.40. The second-order valence-electron chi connectivity index (χ2n) is 4.20. The molecule has 1 aliphatic rings. The van der Waals surface area contributed by atoms with Gasteiger partial charge in [0.05, 0.1) is 17.7 Å². The summed E-state index contributed by atoms with van der Waals surface area (Å²) in [5.41, 5.74) is 1.29. The number of aliphatic imine (C=N–C) groups is 1. The molecule has 0 aliphatic carbocycles. The fourth-order valence-electron chi connectivity index (χ4n) is 1.85. The summed E-state index contributed by atoms with van der Waals surface area (Å²) in [5.74, 6) is 1.32. The number of carbonyl (C=O) groups is 1. The number of benzene rings is 1. The normalized spacial score (nSPS) is 16.1. The highest BCUT2D eigenvalue weighted by Gasteiger charge is 2.21. The van der Waals surface area contributed by atoms with Crippen LogP contribution in [0.1, 0.15) is 19.4 Å². The van der Waals surface area contributed by atoms with Crippen molar-refractivity contribution in [2.75, 3.05) is 19.5 Å². The summed E-state index contributed by atoms with van der Waals surface area (Å²) in [4.78, 5) is 16.2. The molecule has 0 fully saturated rings. The minimum absolute atomic E-state index is 0.0349. The van der Waals surface area contributed by atoms with E-state index in [0.29, 0.717) is 30.4 Å². The third-order valence-electron chi connectivity index (χ3n) is 2.70. The molecule has 22 heavy (non-hydrogen) atoms. The zero-order valence-electron chi connectivity index (χ0n) is 12.5. The van der Waals surface area contributed by atoms with Crippen LogP contribution in [0.25, 0.3) is 6.08 Å². The molecule has 4 nitrogen and oxygen atoms in total. The molecule has 7 heteroatoms. The molecule has 0 aromatic heterocycles. The van der Waals surface area contributed by atoms with E-state index in [9.17, 15) is 4.79 Å². The summed E-state index contributed by atoms with van der Waals surface area (Å²) in [6.07, 6.45) is 3.67. The van der Waals surface area contributed by atoms with E-state index in [2.05, 4.69) is 20.9 Å². The molecule has 118 valence electrons. The molecule has 0 unspecified atom stereocenters. The number of hydrogen-bond donors (Lipinski definition) is 0. The fourth-order valence-corrected chi connectivity index (χ4v) is 3.69. The SMILES string of the molecule is CCOc1cc(C=C2N=C(SC)SC2=O)cc(Br)c1OCC. The molecule has 1 aromatic carbocycles. The van der Waals surface area contributed by atoms with Crippen molar-refractivity contribution in [1.82, 2.24) is 0 Å². The summed E-state index contributed by atoms with van der Waals surface area (Å²) >= 11 is 6.13. The van der Waals surface area contributed by atoms with Crippen molar-refractivity contribution in [2.45, 2.75) is 13.8 Å². The summed E-state index contributed by atoms with van der Waals surface area (Å²) in [7, 11) is 0. The van der Waals surface area contributed by atoms with Gasteiger partial charge in [0, 0.05) is 0 Å². The number of hydrogen-bond acceptors (Lipinski definition) is 6. The summed E-state index contributed by atoms with van der Waals surface area (Å²) in [6, 6.07) is 3.75. The highest BCUT2D eigenvalue weighted by molar-refractivity contribution is 9.10. The quantitative estimate of drug-likeness (QED) is 0.675. The third-order valence-corrected chi connectivity index (χ3v) is 5.14. The summed E-state index contributed by atoms with van der Waals surface area (Å²) in [5, 5.41) is -0.0349. The largest absolute Gasteiger partial charge is 0.490 e. The number of carbonyl (C=O) groups excluding carboxylic acids is 1. The van der Waals surface area contributed by atoms with Crippen LogP contribution in [0.5, 0.6) is 11.5 Å². The van der Waals surface area contributed by atoms with E-state index in [1.165, 1.54) is 11.8 Å². The minimum atomic E-state index is -0.0349. The Hall–Kier alpha value is -0.920. The van der Waals surface area contributed by atoms with Crippen molar-refractivity contribution in [3.05, 3.63) is 27.9 Å². The molecule has 1 aromatic rings. The van der Waals surface area contributed by atoms with Gasteiger partial charge in [0.15, 0.2) is 11.5 Å². The first-order chi connectivity index (χ1) is 10.6. The molecule has 0 saturated heterocycles. The van der Waals surface area contributed by atoms with Crippen LogP contribution in [0.4, 0.5) is 0 Å². The van der Waals surface area contributed by atoms with Crippen LogP contribution in [-0.2, 0) is 4.79 Å². The predicted octanol–water partition coefficient (Wildman–Crippen LogP) is 4.58. The van der Waals surface area contributed by atoms with Gasteiger partial charge in [-0.1, -0.05) is 0 Å². The van der Waals surface area contributed by atoms with Gasteiger partial charge >= 0.3 is 0 Å². The summed E-state index contributed by atoms with van der Waals surface area (Å²) < 4.78 is 12.8. The van der Waals surface area contributed by atoms with Gasteiger partial charge in [-0.15, -0.1) is 11.8 Å². The van der Waals surface area contributed by atoms with E-state index in [4.69, 9.17) is 9.47 Å². The third kappa shape index (κ3) is 4.08. The Morgan fingerprint density at radius 1 is 1.32 bits per heavy atom. The van der Waals surface area contributed by atoms with Gasteiger partial charge < -0.3 is 9.47 Å². The van der Waals surface area contributed by atoms with Gasteiger partial charge in [0.1, 0.15) is 10.1 Å². The molecule has 1 aliphatic heterocycles. The lowest BCUT2D eigenvalue weighted by atomic mass is 10.1. The number of ether oxygens (including phenoxy) is 2. The Labute approximate surface area is 146 Å². The highest BCUT2D eigenvalue weighted by atomic mass is 79.9. The van der Waals surface area contributed by atoms with Gasteiger partial charge in [-0.25, -0.2) is 4.99 Å². The van der Waals surface area contributed by atoms with Gasteiger partial charge in [0.2, 0.25) is 5.12 Å². The Balaban J connectivity index is 2.40. The van der Waals surface area contributed by atoms with E-state index in [-0.39, 0.29) is 5.12 Å². The topological polar surface area (TPSA) is 47.9 Å². The maximum atomic E-state index is 11.9. The van der Waals surface area contributed by atoms with Crippen molar-refractivity contribution in [2.24, 2.45) is 4.99 Å². The van der Waals surface area contributed by atoms with Crippen LogP contribution < -0.4 is 9.47 Å². The van der Waals surface area contributed by atoms with Crippen molar-refractivity contribution in [3.63, 3.8) is 0 Å². The summed E-state index contributed by atoms with van der Waals surface area (Å²) in [6.45, 7) is 4.93. The lowest BCUT2D eigenvalue weighted by molar-refractivity contribution is -0.107. The first-order valence-electron chi connectivity index (χ1n) is 6.74. The van der Waals surface area contributed by atoms with E-state index >= 15 is 0 Å². The first-order valence-corrected chi connectivity index (χ1v) is 9.58. The second-order valence-corrected chi connectivity index (χ2v) is 7.07. The zero-order valence-corrected chi connectivity index (χ0v) is 15.7. The Morgan fingerprint density at radius 3 is 2.64 bits per heavy atom. The average Bonchev–Trinajstić information content (AvgIpc) is 2.83. The number of halogens is 1. The van der Waals surface area contributed by atoms with Gasteiger partial charge in [-0.3, -0.25) is 4.79 Å². The maximum absolute atomic E-state index is 11.9.